The van der Waals surface area contributed by atoms with Gasteiger partial charge in [-0.05, 0) is 56.5 Å². The van der Waals surface area contributed by atoms with Gasteiger partial charge in [-0.15, -0.1) is 6.42 Å². The lowest BCUT2D eigenvalue weighted by Gasteiger charge is -2.38. The molecule has 1 saturated heterocycles. The van der Waals surface area contributed by atoms with E-state index in [9.17, 15) is 13.6 Å². The first kappa shape index (κ1) is 34.0. The average Bonchev–Trinajstić information content (AvgIpc) is 3.68. The summed E-state index contributed by atoms with van der Waals surface area (Å²) >= 11 is 0. The molecule has 2 atom stereocenters. The summed E-state index contributed by atoms with van der Waals surface area (Å²) in [6.07, 6.45) is 11.1. The number of likely N-dealkylation sites (N-methyl/N-ethyl adjacent to an activating group) is 2. The van der Waals surface area contributed by atoms with E-state index in [1.165, 1.54) is 25.4 Å². The summed E-state index contributed by atoms with van der Waals surface area (Å²) in [6.45, 7) is 6.17. The van der Waals surface area contributed by atoms with E-state index in [1.807, 2.05) is 18.9 Å². The zero-order chi connectivity index (χ0) is 35.1. The number of nitrogens with one attached hydrogen (secondary N) is 1. The number of anilines is 1. The predicted molar refractivity (Wildman–Crippen MR) is 183 cm³/mol. The van der Waals surface area contributed by atoms with E-state index >= 15 is 4.39 Å². The Balaban J connectivity index is 1.49. The summed E-state index contributed by atoms with van der Waals surface area (Å²) in [5, 5.41) is 4.46. The number of terminal acetylenes is 1. The highest BCUT2D eigenvalue weighted by Gasteiger charge is 2.42. The van der Waals surface area contributed by atoms with Crippen molar-refractivity contribution in [3.63, 3.8) is 0 Å². The highest BCUT2D eigenvalue weighted by molar-refractivity contribution is 6.03. The van der Waals surface area contributed by atoms with E-state index in [0.717, 1.165) is 25.7 Å². The molecule has 1 N–H and O–H groups in total. The van der Waals surface area contributed by atoms with E-state index in [0.29, 0.717) is 23.1 Å². The second-order valence-electron chi connectivity index (χ2n) is 13.2. The van der Waals surface area contributed by atoms with Gasteiger partial charge in [0, 0.05) is 43.7 Å². The van der Waals surface area contributed by atoms with E-state index in [2.05, 4.69) is 32.8 Å². The number of amides is 1. The van der Waals surface area contributed by atoms with Crippen LogP contribution in [0, 0.1) is 24.0 Å². The van der Waals surface area contributed by atoms with Gasteiger partial charge >= 0.3 is 6.01 Å². The van der Waals surface area contributed by atoms with Gasteiger partial charge in [-0.3, -0.25) is 14.7 Å². The zero-order valence-corrected chi connectivity index (χ0v) is 28.1. The van der Waals surface area contributed by atoms with Gasteiger partial charge in [-0.25, -0.2) is 13.2 Å². The Morgan fingerprint density at radius 1 is 1.27 bits per heavy atom. The van der Waals surface area contributed by atoms with Crippen molar-refractivity contribution in [3.05, 3.63) is 60.3 Å². The summed E-state index contributed by atoms with van der Waals surface area (Å²) in [7, 11) is 5.04. The van der Waals surface area contributed by atoms with Crippen LogP contribution in [0.25, 0.3) is 32.9 Å². The van der Waals surface area contributed by atoms with Gasteiger partial charge in [-0.2, -0.15) is 9.97 Å². The molecule has 1 aliphatic carbocycles. The van der Waals surface area contributed by atoms with Crippen molar-refractivity contribution in [2.75, 3.05) is 46.2 Å². The third-order valence-electron chi connectivity index (χ3n) is 10.2. The van der Waals surface area contributed by atoms with Crippen molar-refractivity contribution in [2.24, 2.45) is 0 Å². The minimum absolute atomic E-state index is 0.0364. The topological polar surface area (TPSA) is 92.7 Å². The molecule has 12 heteroatoms. The van der Waals surface area contributed by atoms with Crippen LogP contribution in [0.2, 0.25) is 0 Å². The number of alkyl halides is 1. The van der Waals surface area contributed by atoms with Crippen LogP contribution in [-0.4, -0.2) is 88.8 Å². The SMILES string of the molecule is C#Cc1c(F)ccc2cc(OC)cc(-c3ncc4c(NCC5(N(C)C(=O)C=C)CCCC5)nc(OC[C@]5(C)C[C@@H](F)CN5C)nc4c3F)c12. The largest absolute Gasteiger partial charge is 0.497 e. The Bertz CT molecular complexity index is 1990. The fraction of sp³-hybridized carbons (Fsp3) is 0.405. The van der Waals surface area contributed by atoms with E-state index in [4.69, 9.17) is 15.9 Å². The number of ether oxygens (including phenoxy) is 2. The Morgan fingerprint density at radius 3 is 2.67 bits per heavy atom. The molecule has 0 radical (unpaired) electrons. The molecular formula is C37H39F3N6O3. The molecule has 0 unspecified atom stereocenters. The van der Waals surface area contributed by atoms with Gasteiger partial charge in [0.2, 0.25) is 5.91 Å². The monoisotopic (exact) mass is 672 g/mol. The molecule has 3 heterocycles. The quantitative estimate of drug-likeness (QED) is 0.155. The standard InChI is InChI=1S/C37H39F3N6O3/c1-7-25-28(39)12-11-22-15-24(48-6)16-26(30(22)25)32-31(40)33-27(18-41-32)34(42-20-37(13-9-10-14-37)46(5)29(47)8-2)44-35(43-33)49-21-36(3)17-23(38)19-45(36)4/h1,8,11-12,15-16,18,23H,2,9-10,13-14,17,19-21H2,3-6H3,(H,42,43,44)/t23-,36+/m1/s1. The minimum Gasteiger partial charge on any atom is -0.497 e. The average molecular weight is 673 g/mol. The molecule has 1 saturated carbocycles. The number of halogens is 3. The third kappa shape index (κ3) is 6.12. The molecule has 49 heavy (non-hydrogen) atoms. The Labute approximate surface area is 283 Å². The van der Waals surface area contributed by atoms with Crippen molar-refractivity contribution in [1.82, 2.24) is 24.8 Å². The van der Waals surface area contributed by atoms with Crippen molar-refractivity contribution in [3.8, 4) is 35.4 Å². The van der Waals surface area contributed by atoms with Crippen LogP contribution in [-0.2, 0) is 4.79 Å². The maximum Gasteiger partial charge on any atom is 0.319 e. The lowest BCUT2D eigenvalue weighted by molar-refractivity contribution is -0.129. The number of methoxy groups -OCH3 is 1. The summed E-state index contributed by atoms with van der Waals surface area (Å²) in [5.74, 6) is 1.40. The number of carbonyl (C=O) groups excluding carboxylic acids is 1. The molecule has 2 aromatic carbocycles. The summed E-state index contributed by atoms with van der Waals surface area (Å²) < 4.78 is 57.7. The predicted octanol–water partition coefficient (Wildman–Crippen LogP) is 6.29. The number of hydrogen-bond acceptors (Lipinski definition) is 8. The normalized spacial score (nSPS) is 20.3. The number of nitrogens with zero attached hydrogens (tertiary/aromatic N) is 5. The second kappa shape index (κ2) is 13.2. The number of benzene rings is 2. The molecule has 4 aromatic rings. The molecule has 2 aliphatic rings. The van der Waals surface area contributed by atoms with Crippen LogP contribution >= 0.6 is 0 Å². The molecule has 2 fully saturated rings. The van der Waals surface area contributed by atoms with Gasteiger partial charge < -0.3 is 19.7 Å². The number of aromatic nitrogens is 3. The van der Waals surface area contributed by atoms with Crippen molar-refractivity contribution in [2.45, 2.75) is 56.3 Å². The number of likely N-dealkylation sites (tertiary alicyclic amines) is 1. The maximum atomic E-state index is 16.9. The number of fused-ring (bicyclic) bond motifs is 2. The lowest BCUT2D eigenvalue weighted by atomic mass is 9.95. The molecule has 6 rings (SSSR count). The number of rotatable bonds is 10. The van der Waals surface area contributed by atoms with E-state index < -0.39 is 28.9 Å². The van der Waals surface area contributed by atoms with Crippen LogP contribution in [0.5, 0.6) is 11.8 Å². The van der Waals surface area contributed by atoms with Gasteiger partial charge in [0.1, 0.15) is 41.4 Å². The van der Waals surface area contributed by atoms with Gasteiger partial charge in [-0.1, -0.05) is 31.4 Å². The van der Waals surface area contributed by atoms with Crippen molar-refractivity contribution in [1.29, 1.82) is 0 Å². The summed E-state index contributed by atoms with van der Waals surface area (Å²) in [4.78, 5) is 29.9. The molecular weight excluding hydrogens is 633 g/mol. The fourth-order valence-corrected chi connectivity index (χ4v) is 7.17. The summed E-state index contributed by atoms with van der Waals surface area (Å²) in [5.41, 5.74) is -1.20. The number of pyridine rings is 1. The first-order valence-electron chi connectivity index (χ1n) is 16.2. The van der Waals surface area contributed by atoms with Gasteiger partial charge in [0.25, 0.3) is 0 Å². The highest BCUT2D eigenvalue weighted by atomic mass is 19.1. The number of hydrogen-bond donors (Lipinski definition) is 1. The second-order valence-corrected chi connectivity index (χ2v) is 13.2. The molecule has 1 aliphatic heterocycles. The molecule has 0 spiro atoms. The molecule has 9 nitrogen and oxygen atoms in total. The maximum absolute atomic E-state index is 16.9. The first-order chi connectivity index (χ1) is 23.4. The highest BCUT2D eigenvalue weighted by Crippen LogP contribution is 2.40. The Hall–Kier alpha value is -4.89. The first-order valence-corrected chi connectivity index (χ1v) is 16.2. The lowest BCUT2D eigenvalue weighted by Crippen LogP contribution is -2.51. The van der Waals surface area contributed by atoms with E-state index in [1.54, 1.807) is 30.1 Å². The smallest absolute Gasteiger partial charge is 0.319 e. The Morgan fingerprint density at radius 2 is 2.02 bits per heavy atom. The fourth-order valence-electron chi connectivity index (χ4n) is 7.17. The third-order valence-corrected chi connectivity index (χ3v) is 10.2. The minimum atomic E-state index is -1.01. The van der Waals surface area contributed by atoms with Crippen molar-refractivity contribution >= 4 is 33.4 Å². The van der Waals surface area contributed by atoms with Crippen LogP contribution in [0.1, 0.15) is 44.6 Å². The molecule has 256 valence electrons. The molecule has 2 aromatic heterocycles. The van der Waals surface area contributed by atoms with Crippen LogP contribution in [0.4, 0.5) is 19.0 Å². The van der Waals surface area contributed by atoms with Crippen LogP contribution in [0.15, 0.2) is 43.1 Å². The molecule has 0 bridgehead atoms. The number of carbonyl (C=O) groups is 1. The molecule has 1 amide bonds. The van der Waals surface area contributed by atoms with Crippen molar-refractivity contribution < 1.29 is 27.4 Å². The summed E-state index contributed by atoms with van der Waals surface area (Å²) in [6, 6.07) is 5.92. The van der Waals surface area contributed by atoms with Crippen LogP contribution in [0.3, 0.4) is 0 Å². The van der Waals surface area contributed by atoms with Crippen LogP contribution < -0.4 is 14.8 Å². The Kier molecular flexibility index (Phi) is 9.15. The zero-order valence-electron chi connectivity index (χ0n) is 28.1. The van der Waals surface area contributed by atoms with Gasteiger partial charge in [0.15, 0.2) is 5.82 Å². The van der Waals surface area contributed by atoms with E-state index in [-0.39, 0.29) is 65.0 Å². The van der Waals surface area contributed by atoms with Gasteiger partial charge in [0.05, 0.1) is 29.1 Å².